The van der Waals surface area contributed by atoms with E-state index in [1.807, 2.05) is 0 Å². The third-order valence-corrected chi connectivity index (χ3v) is 4.40. The van der Waals surface area contributed by atoms with Crippen LogP contribution in [0.25, 0.3) is 0 Å². The lowest BCUT2D eigenvalue weighted by Crippen LogP contribution is -2.36. The topological polar surface area (TPSA) is 76.5 Å². The molecule has 1 N–H and O–H groups in total. The van der Waals surface area contributed by atoms with Gasteiger partial charge in [0.05, 0.1) is 0 Å². The van der Waals surface area contributed by atoms with Crippen LogP contribution < -0.4 is 0 Å². The average Bonchev–Trinajstić information content (AvgIpc) is 2.47. The van der Waals surface area contributed by atoms with E-state index in [2.05, 4.69) is 25.8 Å². The lowest BCUT2D eigenvalue weighted by molar-refractivity contribution is -0.0179. The first-order chi connectivity index (χ1) is 10.4. The van der Waals surface area contributed by atoms with Crippen LogP contribution in [-0.2, 0) is 4.74 Å². The van der Waals surface area contributed by atoms with Gasteiger partial charge in [-0.05, 0) is 42.7 Å². The van der Waals surface area contributed by atoms with Crippen molar-refractivity contribution < 1.29 is 19.4 Å². The molecule has 0 saturated heterocycles. The van der Waals surface area contributed by atoms with E-state index in [1.165, 1.54) is 18.2 Å². The van der Waals surface area contributed by atoms with Crippen molar-refractivity contribution in [2.24, 2.45) is 17.8 Å². The molecule has 1 heterocycles. The number of ether oxygens (including phenoxy) is 1. The van der Waals surface area contributed by atoms with E-state index in [0.717, 1.165) is 19.3 Å². The summed E-state index contributed by atoms with van der Waals surface area (Å²) < 4.78 is 5.66. The number of rotatable bonds is 4. The number of carbonyl (C=O) groups excluding carboxylic acids is 1. The third kappa shape index (κ3) is 3.84. The molecule has 0 unspecified atom stereocenters. The second kappa shape index (κ2) is 6.90. The van der Waals surface area contributed by atoms with E-state index in [1.54, 1.807) is 0 Å². The van der Waals surface area contributed by atoms with Gasteiger partial charge in [-0.15, -0.1) is 0 Å². The Balaban J connectivity index is 2.12. The van der Waals surface area contributed by atoms with Crippen molar-refractivity contribution in [3.05, 3.63) is 29.6 Å². The van der Waals surface area contributed by atoms with Crippen molar-refractivity contribution in [2.45, 2.75) is 46.1 Å². The maximum Gasteiger partial charge on any atom is 0.357 e. The van der Waals surface area contributed by atoms with Gasteiger partial charge in [0.25, 0.3) is 0 Å². The minimum absolute atomic E-state index is 0.0561. The van der Waals surface area contributed by atoms with Gasteiger partial charge in [-0.3, -0.25) is 0 Å². The van der Waals surface area contributed by atoms with E-state index < -0.39 is 11.9 Å². The molecule has 3 atom stereocenters. The molecule has 1 aromatic heterocycles. The summed E-state index contributed by atoms with van der Waals surface area (Å²) in [5.41, 5.74) is -0.0903. The molecule has 0 aromatic carbocycles. The molecule has 1 aliphatic rings. The van der Waals surface area contributed by atoms with Gasteiger partial charge in [-0.25, -0.2) is 14.6 Å². The zero-order valence-electron chi connectivity index (χ0n) is 13.3. The van der Waals surface area contributed by atoms with Crippen LogP contribution in [0.5, 0.6) is 0 Å². The van der Waals surface area contributed by atoms with Gasteiger partial charge in [-0.1, -0.05) is 33.3 Å². The van der Waals surface area contributed by atoms with E-state index in [0.29, 0.717) is 17.8 Å². The lowest BCUT2D eigenvalue weighted by Gasteiger charge is -2.36. The molecule has 1 fully saturated rings. The fourth-order valence-electron chi connectivity index (χ4n) is 3.12. The Bertz CT molecular complexity index is 555. The Labute approximate surface area is 130 Å². The maximum absolute atomic E-state index is 12.3. The Morgan fingerprint density at radius 1 is 1.27 bits per heavy atom. The Hall–Kier alpha value is -1.91. The molecule has 1 saturated carbocycles. The number of hydrogen-bond donors (Lipinski definition) is 1. The summed E-state index contributed by atoms with van der Waals surface area (Å²) >= 11 is 0. The van der Waals surface area contributed by atoms with Gasteiger partial charge >= 0.3 is 11.9 Å². The lowest BCUT2D eigenvalue weighted by atomic mass is 9.75. The summed E-state index contributed by atoms with van der Waals surface area (Å²) in [6.07, 6.45) is 2.95. The van der Waals surface area contributed by atoms with E-state index >= 15 is 0 Å². The van der Waals surface area contributed by atoms with Crippen LogP contribution in [0.3, 0.4) is 0 Å². The number of esters is 1. The quantitative estimate of drug-likeness (QED) is 0.863. The molecule has 22 heavy (non-hydrogen) atoms. The largest absolute Gasteiger partial charge is 0.477 e. The highest BCUT2D eigenvalue weighted by Crippen LogP contribution is 2.35. The number of pyridine rings is 1. The number of carbonyl (C=O) groups is 2. The van der Waals surface area contributed by atoms with Crippen molar-refractivity contribution in [3.63, 3.8) is 0 Å². The fraction of sp³-hybridized carbons (Fsp3) is 0.588. The minimum atomic E-state index is -1.15. The molecule has 0 radical (unpaired) electrons. The standard InChI is InChI=1S/C17H23NO4/c1-10(2)12-8-7-11(3)9-15(12)22-17(21)14-6-4-5-13(18-14)16(19)20/h4-6,10-12,15H,7-9H2,1-3H3,(H,19,20)/t11-,12+,15-/m1/s1. The third-order valence-electron chi connectivity index (χ3n) is 4.40. The molecule has 120 valence electrons. The van der Waals surface area contributed by atoms with E-state index in [9.17, 15) is 9.59 Å². The number of carboxylic acids is 1. The number of nitrogens with zero attached hydrogens (tertiary/aromatic N) is 1. The molecule has 5 nitrogen and oxygen atoms in total. The monoisotopic (exact) mass is 305 g/mol. The first-order valence-corrected chi connectivity index (χ1v) is 7.79. The van der Waals surface area contributed by atoms with Crippen LogP contribution >= 0.6 is 0 Å². The Kier molecular flexibility index (Phi) is 5.16. The predicted molar refractivity (Wildman–Crippen MR) is 81.7 cm³/mol. The smallest absolute Gasteiger partial charge is 0.357 e. The summed E-state index contributed by atoms with van der Waals surface area (Å²) in [4.78, 5) is 27.1. The van der Waals surface area contributed by atoms with Crippen molar-refractivity contribution in [2.75, 3.05) is 0 Å². The first kappa shape index (κ1) is 16.5. The van der Waals surface area contributed by atoms with Crippen molar-refractivity contribution in [3.8, 4) is 0 Å². The Morgan fingerprint density at radius 3 is 2.59 bits per heavy atom. The summed E-state index contributed by atoms with van der Waals surface area (Å²) in [6.45, 7) is 6.45. The van der Waals surface area contributed by atoms with Crippen molar-refractivity contribution in [1.82, 2.24) is 4.98 Å². The van der Waals surface area contributed by atoms with Crippen LogP contribution in [0.2, 0.25) is 0 Å². The highest BCUT2D eigenvalue weighted by molar-refractivity contribution is 5.90. The first-order valence-electron chi connectivity index (χ1n) is 7.79. The summed E-state index contributed by atoms with van der Waals surface area (Å²) in [7, 11) is 0. The summed E-state index contributed by atoms with van der Waals surface area (Å²) in [5, 5.41) is 8.95. The molecule has 0 aliphatic heterocycles. The van der Waals surface area contributed by atoms with Crippen LogP contribution in [-0.4, -0.2) is 28.1 Å². The summed E-state index contributed by atoms with van der Waals surface area (Å²) in [5.74, 6) is -0.355. The number of aromatic carboxylic acids is 1. The second-order valence-corrected chi connectivity index (χ2v) is 6.48. The van der Waals surface area contributed by atoms with Gasteiger partial charge in [-0.2, -0.15) is 0 Å². The van der Waals surface area contributed by atoms with Crippen LogP contribution in [0, 0.1) is 17.8 Å². The highest BCUT2D eigenvalue weighted by atomic mass is 16.5. The van der Waals surface area contributed by atoms with Gasteiger partial charge in [0, 0.05) is 0 Å². The van der Waals surface area contributed by atoms with E-state index in [4.69, 9.17) is 9.84 Å². The van der Waals surface area contributed by atoms with Gasteiger partial charge in [0.2, 0.25) is 0 Å². The fourth-order valence-corrected chi connectivity index (χ4v) is 3.12. The molecular weight excluding hydrogens is 282 g/mol. The zero-order chi connectivity index (χ0) is 16.3. The van der Waals surface area contributed by atoms with Crippen molar-refractivity contribution >= 4 is 11.9 Å². The summed E-state index contributed by atoms with van der Waals surface area (Å²) in [6, 6.07) is 4.36. The molecule has 0 amide bonds. The number of aromatic nitrogens is 1. The van der Waals surface area contributed by atoms with Gasteiger partial charge < -0.3 is 9.84 Å². The molecule has 1 aliphatic carbocycles. The molecule has 0 spiro atoms. The van der Waals surface area contributed by atoms with Crippen LogP contribution in [0.15, 0.2) is 18.2 Å². The molecule has 0 bridgehead atoms. The SMILES string of the molecule is CC(C)[C@@H]1CC[C@@H](C)C[C@H]1OC(=O)c1cccc(C(=O)O)n1. The highest BCUT2D eigenvalue weighted by Gasteiger charge is 2.33. The van der Waals surface area contributed by atoms with Crippen LogP contribution in [0.4, 0.5) is 0 Å². The zero-order valence-corrected chi connectivity index (χ0v) is 13.3. The molecular formula is C17H23NO4. The van der Waals surface area contributed by atoms with Gasteiger partial charge in [0.15, 0.2) is 0 Å². The number of hydrogen-bond acceptors (Lipinski definition) is 4. The maximum atomic E-state index is 12.3. The Morgan fingerprint density at radius 2 is 1.95 bits per heavy atom. The molecule has 2 rings (SSSR count). The second-order valence-electron chi connectivity index (χ2n) is 6.48. The van der Waals surface area contributed by atoms with Gasteiger partial charge in [0.1, 0.15) is 17.5 Å². The van der Waals surface area contributed by atoms with Crippen molar-refractivity contribution in [1.29, 1.82) is 0 Å². The average molecular weight is 305 g/mol. The number of carboxylic acid groups (broad SMARTS) is 1. The van der Waals surface area contributed by atoms with Crippen LogP contribution in [0.1, 0.15) is 61.0 Å². The normalized spacial score (nSPS) is 25.0. The molecule has 5 heteroatoms. The molecule has 1 aromatic rings. The van der Waals surface area contributed by atoms with E-state index in [-0.39, 0.29) is 17.5 Å². The predicted octanol–water partition coefficient (Wildman–Crippen LogP) is 3.40. The minimum Gasteiger partial charge on any atom is -0.477 e.